The summed E-state index contributed by atoms with van der Waals surface area (Å²) >= 11 is 0. The molecule has 0 heterocycles. The van der Waals surface area contributed by atoms with E-state index in [1.165, 1.54) is 5.41 Å². The normalized spacial score (nSPS) is 13.5. The Morgan fingerprint density at radius 2 is 2.50 bits per heavy atom. The summed E-state index contributed by atoms with van der Waals surface area (Å²) < 4.78 is 12.5. The van der Waals surface area contributed by atoms with Gasteiger partial charge in [0, 0.05) is 5.41 Å². The van der Waals surface area contributed by atoms with Gasteiger partial charge in [-0.15, -0.1) is 0 Å². The smallest absolute Gasteiger partial charge is 0.116 e. The van der Waals surface area contributed by atoms with E-state index in [1.54, 1.807) is 7.05 Å². The summed E-state index contributed by atoms with van der Waals surface area (Å²) in [6.45, 7) is 3.27. The molecule has 1 unspecified atom stereocenters. The number of hydrogen-bond donors (Lipinski definition) is 1. The zero-order valence-electron chi connectivity index (χ0n) is 3.60. The average molecular weight is 105 g/mol. The quantitative estimate of drug-likeness (QED) is 0.526. The molecule has 0 aromatic heterocycles. The molecule has 0 saturated carbocycles. The molecule has 0 aliphatic heterocycles. The molecule has 0 aromatic carbocycles. The van der Waals surface area contributed by atoms with E-state index >= 15 is 0 Å². The van der Waals surface area contributed by atoms with Gasteiger partial charge in [0.1, 0.15) is 11.0 Å². The van der Waals surface area contributed by atoms with Crippen molar-refractivity contribution in [1.29, 1.82) is 0 Å². The van der Waals surface area contributed by atoms with E-state index in [1.807, 2.05) is 0 Å². The van der Waals surface area contributed by atoms with Gasteiger partial charge in [-0.25, -0.2) is 8.93 Å². The standard InChI is InChI=1S/C3H7NOS/c1-3-6(5)4-2/h3-4H,1H2,2H3. The maximum absolute atomic E-state index is 10.1. The van der Waals surface area contributed by atoms with Crippen molar-refractivity contribution in [2.24, 2.45) is 0 Å². The third kappa shape index (κ3) is 2.11. The minimum atomic E-state index is -1.02. The highest BCUT2D eigenvalue weighted by Gasteiger charge is 1.75. The summed E-state index contributed by atoms with van der Waals surface area (Å²) in [5.41, 5.74) is 0. The topological polar surface area (TPSA) is 29.1 Å². The minimum absolute atomic E-state index is 1.02. The van der Waals surface area contributed by atoms with Gasteiger partial charge < -0.3 is 0 Å². The number of hydrogen-bond acceptors (Lipinski definition) is 1. The number of rotatable bonds is 2. The van der Waals surface area contributed by atoms with Crippen molar-refractivity contribution in [2.75, 3.05) is 7.05 Å². The Morgan fingerprint density at radius 1 is 2.00 bits per heavy atom. The molecule has 1 atom stereocenters. The monoisotopic (exact) mass is 105 g/mol. The first-order valence-electron chi connectivity index (χ1n) is 1.51. The molecule has 1 N–H and O–H groups in total. The van der Waals surface area contributed by atoms with Crippen molar-refractivity contribution in [3.05, 3.63) is 12.0 Å². The summed E-state index contributed by atoms with van der Waals surface area (Å²) in [7, 11) is 0.589. The lowest BCUT2D eigenvalue weighted by Crippen LogP contribution is -2.05. The maximum atomic E-state index is 10.1. The fraction of sp³-hybridized carbons (Fsp3) is 0.333. The van der Waals surface area contributed by atoms with Crippen LogP contribution < -0.4 is 4.72 Å². The van der Waals surface area contributed by atoms with E-state index in [4.69, 9.17) is 0 Å². The van der Waals surface area contributed by atoms with Crippen LogP contribution in [0.5, 0.6) is 0 Å². The summed E-state index contributed by atoms with van der Waals surface area (Å²) in [6, 6.07) is 0. The van der Waals surface area contributed by atoms with Crippen LogP contribution in [0.1, 0.15) is 0 Å². The minimum Gasteiger partial charge on any atom is -0.238 e. The van der Waals surface area contributed by atoms with Gasteiger partial charge in [0.25, 0.3) is 0 Å². The second kappa shape index (κ2) is 3.06. The molecular weight excluding hydrogens is 98.1 g/mol. The SMILES string of the molecule is C=CS(=O)NC. The Bertz CT molecular complexity index is 71.2. The average Bonchev–Trinajstić information content (AvgIpc) is 1.65. The summed E-state index contributed by atoms with van der Waals surface area (Å²) in [6.07, 6.45) is 0. The Kier molecular flexibility index (Phi) is 2.98. The second-order valence-corrected chi connectivity index (χ2v) is 2.00. The fourth-order valence-corrected chi connectivity index (χ4v) is 0.250. The van der Waals surface area contributed by atoms with Gasteiger partial charge in [-0.3, -0.25) is 0 Å². The first-order valence-corrected chi connectivity index (χ1v) is 2.73. The first kappa shape index (κ1) is 5.85. The van der Waals surface area contributed by atoms with Crippen LogP contribution >= 0.6 is 0 Å². The predicted octanol–water partition coefficient (Wildman–Crippen LogP) is 0.0130. The maximum Gasteiger partial charge on any atom is 0.116 e. The van der Waals surface area contributed by atoms with Crippen molar-refractivity contribution in [2.45, 2.75) is 0 Å². The molecular formula is C3H7NOS. The third-order valence-electron chi connectivity index (χ3n) is 0.353. The summed E-state index contributed by atoms with van der Waals surface area (Å²) in [5.74, 6) is 0. The van der Waals surface area contributed by atoms with E-state index in [2.05, 4.69) is 11.3 Å². The van der Waals surface area contributed by atoms with Crippen LogP contribution in [0.25, 0.3) is 0 Å². The highest BCUT2D eigenvalue weighted by Crippen LogP contribution is 1.66. The van der Waals surface area contributed by atoms with Crippen LogP contribution in [-0.2, 0) is 11.0 Å². The Morgan fingerprint density at radius 3 is 2.50 bits per heavy atom. The molecule has 6 heavy (non-hydrogen) atoms. The van der Waals surface area contributed by atoms with Gasteiger partial charge in [-0.1, -0.05) is 6.58 Å². The van der Waals surface area contributed by atoms with Crippen molar-refractivity contribution in [3.8, 4) is 0 Å². The lowest BCUT2D eigenvalue weighted by molar-refractivity contribution is 0.683. The van der Waals surface area contributed by atoms with Crippen LogP contribution in [0.2, 0.25) is 0 Å². The predicted molar refractivity (Wildman–Crippen MR) is 27.4 cm³/mol. The van der Waals surface area contributed by atoms with Crippen LogP contribution in [-0.4, -0.2) is 11.3 Å². The molecule has 0 aliphatic carbocycles. The van der Waals surface area contributed by atoms with E-state index < -0.39 is 11.0 Å². The highest BCUT2D eigenvalue weighted by atomic mass is 32.2. The molecule has 0 saturated heterocycles. The Balaban J connectivity index is 3.23. The van der Waals surface area contributed by atoms with Crippen LogP contribution in [0.15, 0.2) is 12.0 Å². The molecule has 2 nitrogen and oxygen atoms in total. The van der Waals surface area contributed by atoms with Crippen molar-refractivity contribution in [3.63, 3.8) is 0 Å². The van der Waals surface area contributed by atoms with E-state index in [0.29, 0.717) is 0 Å². The van der Waals surface area contributed by atoms with Gasteiger partial charge in [0.15, 0.2) is 0 Å². The molecule has 3 heteroatoms. The molecule has 0 bridgehead atoms. The Hall–Kier alpha value is -0.150. The highest BCUT2D eigenvalue weighted by molar-refractivity contribution is 7.85. The lowest BCUT2D eigenvalue weighted by Gasteiger charge is -1.82. The zero-order chi connectivity index (χ0) is 4.99. The molecule has 0 radical (unpaired) electrons. The lowest BCUT2D eigenvalue weighted by atomic mass is 11.3. The van der Waals surface area contributed by atoms with Gasteiger partial charge in [-0.2, -0.15) is 0 Å². The van der Waals surface area contributed by atoms with E-state index in [0.717, 1.165) is 0 Å². The van der Waals surface area contributed by atoms with Crippen LogP contribution in [0, 0.1) is 0 Å². The van der Waals surface area contributed by atoms with Crippen molar-refractivity contribution < 1.29 is 4.21 Å². The van der Waals surface area contributed by atoms with E-state index in [-0.39, 0.29) is 0 Å². The molecule has 0 amide bonds. The second-order valence-electron chi connectivity index (χ2n) is 0.668. The first-order chi connectivity index (χ1) is 2.81. The molecule has 0 rings (SSSR count). The van der Waals surface area contributed by atoms with Crippen molar-refractivity contribution in [1.82, 2.24) is 4.72 Å². The van der Waals surface area contributed by atoms with Gasteiger partial charge in [0.2, 0.25) is 0 Å². The third-order valence-corrected chi connectivity index (χ3v) is 1.06. The Labute approximate surface area is 39.8 Å². The van der Waals surface area contributed by atoms with Gasteiger partial charge >= 0.3 is 0 Å². The van der Waals surface area contributed by atoms with Crippen LogP contribution in [0.4, 0.5) is 0 Å². The molecule has 0 fully saturated rings. The molecule has 0 spiro atoms. The van der Waals surface area contributed by atoms with E-state index in [9.17, 15) is 4.21 Å². The van der Waals surface area contributed by atoms with Crippen molar-refractivity contribution >= 4 is 11.0 Å². The summed E-state index contributed by atoms with van der Waals surface area (Å²) in [4.78, 5) is 0. The fourth-order valence-electron chi connectivity index (χ4n) is 0.0833. The molecule has 0 aliphatic rings. The van der Waals surface area contributed by atoms with Gasteiger partial charge in [0.05, 0.1) is 0 Å². The molecule has 0 aromatic rings. The van der Waals surface area contributed by atoms with Crippen LogP contribution in [0.3, 0.4) is 0 Å². The molecule has 36 valence electrons. The van der Waals surface area contributed by atoms with Gasteiger partial charge in [-0.05, 0) is 7.05 Å². The number of nitrogens with one attached hydrogen (secondary N) is 1. The summed E-state index contributed by atoms with van der Waals surface area (Å²) in [5, 5.41) is 1.33. The largest absolute Gasteiger partial charge is 0.238 e. The zero-order valence-corrected chi connectivity index (χ0v) is 4.42.